The zero-order valence-electron chi connectivity index (χ0n) is 10.1. The third kappa shape index (κ3) is 3.14. The highest BCUT2D eigenvalue weighted by Gasteiger charge is 2.86. The van der Waals surface area contributed by atoms with Crippen LogP contribution in [-0.4, -0.2) is 42.2 Å². The molecule has 17 heteroatoms. The molecule has 0 bridgehead atoms. The molecule has 0 aliphatic carbocycles. The molecular weight excluding hydrogens is 411 g/mol. The maximum atomic E-state index is 12.8. The molecule has 0 aromatic rings. The van der Waals surface area contributed by atoms with E-state index in [9.17, 15) is 65.5 Å². The van der Waals surface area contributed by atoms with Crippen LogP contribution in [0.15, 0.2) is 11.7 Å². The van der Waals surface area contributed by atoms with Crippen molar-refractivity contribution in [2.24, 2.45) is 0 Å². The Morgan fingerprint density at radius 2 is 1.00 bits per heavy atom. The first-order valence-corrected chi connectivity index (χ1v) is 6.12. The Bertz CT molecular complexity index is 628. The molecule has 0 rings (SSSR count). The average Bonchev–Trinajstić information content (AvgIpc) is 2.33. The molecule has 0 saturated heterocycles. The van der Waals surface area contributed by atoms with Gasteiger partial charge < -0.3 is 0 Å². The van der Waals surface area contributed by atoms with E-state index in [2.05, 4.69) is 0 Å². The molecule has 0 radical (unpaired) electrons. The SMILES string of the molecule is O=S(=O)(O)C(F)(F)C(F)(F)C(F)(F)C(F)(F)C(F)=C(F)C(F)(F)F. The summed E-state index contributed by atoms with van der Waals surface area (Å²) in [6.45, 7) is 0. The highest BCUT2D eigenvalue weighted by molar-refractivity contribution is 7.87. The Hall–Kier alpha value is -1.26. The van der Waals surface area contributed by atoms with Gasteiger partial charge in [-0.2, -0.15) is 61.1 Å². The molecule has 0 aliphatic rings. The van der Waals surface area contributed by atoms with Gasteiger partial charge in [0.15, 0.2) is 0 Å². The van der Waals surface area contributed by atoms with Gasteiger partial charge in [-0.05, 0) is 0 Å². The minimum atomic E-state index is -7.92. The second-order valence-corrected chi connectivity index (χ2v) is 5.30. The normalized spacial score (nSPS) is 16.9. The first kappa shape index (κ1) is 22.7. The van der Waals surface area contributed by atoms with Crippen molar-refractivity contribution in [1.82, 2.24) is 0 Å². The van der Waals surface area contributed by atoms with Crippen LogP contribution in [0.25, 0.3) is 0 Å². The zero-order chi connectivity index (χ0) is 20.2. The van der Waals surface area contributed by atoms with Crippen LogP contribution in [0.2, 0.25) is 0 Å². The van der Waals surface area contributed by atoms with Crippen LogP contribution < -0.4 is 0 Å². The van der Waals surface area contributed by atoms with Gasteiger partial charge in [0.05, 0.1) is 0 Å². The van der Waals surface area contributed by atoms with Gasteiger partial charge in [0, 0.05) is 0 Å². The van der Waals surface area contributed by atoms with Crippen molar-refractivity contribution in [2.75, 3.05) is 0 Å². The molecule has 0 atom stereocenters. The van der Waals surface area contributed by atoms with E-state index >= 15 is 0 Å². The van der Waals surface area contributed by atoms with Crippen LogP contribution in [-0.2, 0) is 10.1 Å². The van der Waals surface area contributed by atoms with Crippen LogP contribution in [0, 0.1) is 0 Å². The fourth-order valence-electron chi connectivity index (χ4n) is 0.942. The summed E-state index contributed by atoms with van der Waals surface area (Å²) in [6, 6.07) is 0. The summed E-state index contributed by atoms with van der Waals surface area (Å²) in [7, 11) is -7.53. The van der Waals surface area contributed by atoms with Gasteiger partial charge in [0.2, 0.25) is 11.7 Å². The summed E-state index contributed by atoms with van der Waals surface area (Å²) < 4.78 is 189. The van der Waals surface area contributed by atoms with E-state index in [1.165, 1.54) is 0 Å². The highest BCUT2D eigenvalue weighted by Crippen LogP contribution is 2.57. The molecular formula is C7HF13O3S. The molecule has 0 amide bonds. The number of hydrogen-bond acceptors (Lipinski definition) is 2. The lowest BCUT2D eigenvalue weighted by molar-refractivity contribution is -0.342. The van der Waals surface area contributed by atoms with Gasteiger partial charge in [0.1, 0.15) is 0 Å². The molecule has 0 fully saturated rings. The quantitative estimate of drug-likeness (QED) is 0.547. The highest BCUT2D eigenvalue weighted by atomic mass is 32.2. The maximum absolute atomic E-state index is 12.8. The van der Waals surface area contributed by atoms with Crippen LogP contribution >= 0.6 is 0 Å². The van der Waals surface area contributed by atoms with E-state index in [1.54, 1.807) is 0 Å². The smallest absolute Gasteiger partial charge is 0.281 e. The van der Waals surface area contributed by atoms with Crippen molar-refractivity contribution in [3.63, 3.8) is 0 Å². The Kier molecular flexibility index (Phi) is 5.34. The number of halogens is 13. The van der Waals surface area contributed by atoms with Gasteiger partial charge in [-0.15, -0.1) is 0 Å². The number of rotatable bonds is 5. The molecule has 0 heterocycles. The maximum Gasteiger partial charge on any atom is 0.445 e. The van der Waals surface area contributed by atoms with Crippen molar-refractivity contribution in [3.8, 4) is 0 Å². The standard InChI is InChI=1S/C7HF13O3S/c8-1(2(9)4(12,13)14)3(10,11)5(15,16)6(17,18)7(19,20)24(21,22)23/h(H,21,22,23). The predicted octanol–water partition coefficient (Wildman–Crippen LogP) is 4.09. The first-order valence-electron chi connectivity index (χ1n) is 4.68. The van der Waals surface area contributed by atoms with Crippen molar-refractivity contribution in [2.45, 2.75) is 29.2 Å². The molecule has 0 aliphatic heterocycles. The van der Waals surface area contributed by atoms with Crippen molar-refractivity contribution in [3.05, 3.63) is 11.7 Å². The summed E-state index contributed by atoms with van der Waals surface area (Å²) in [6.07, 6.45) is -6.73. The first-order chi connectivity index (χ1) is 10.1. The Balaban J connectivity index is 6.53. The van der Waals surface area contributed by atoms with E-state index < -0.39 is 51.0 Å². The number of alkyl halides is 11. The molecule has 1 N–H and O–H groups in total. The Morgan fingerprint density at radius 1 is 0.667 bits per heavy atom. The van der Waals surface area contributed by atoms with E-state index in [1.807, 2.05) is 0 Å². The Morgan fingerprint density at radius 3 is 1.25 bits per heavy atom. The van der Waals surface area contributed by atoms with E-state index in [0.29, 0.717) is 0 Å². The lowest BCUT2D eigenvalue weighted by atomic mass is 10.0. The summed E-state index contributed by atoms with van der Waals surface area (Å²) in [5.74, 6) is -32.9. The number of allylic oxidation sites excluding steroid dienone is 2. The molecule has 0 aromatic carbocycles. The molecule has 144 valence electrons. The van der Waals surface area contributed by atoms with Crippen LogP contribution in [0.4, 0.5) is 57.1 Å². The molecule has 0 spiro atoms. The van der Waals surface area contributed by atoms with E-state index in [4.69, 9.17) is 4.55 Å². The predicted molar refractivity (Wildman–Crippen MR) is 46.6 cm³/mol. The summed E-state index contributed by atoms with van der Waals surface area (Å²) >= 11 is 0. The second kappa shape index (κ2) is 5.63. The minimum absolute atomic E-state index is 4.65. The minimum Gasteiger partial charge on any atom is -0.281 e. The second-order valence-electron chi connectivity index (χ2n) is 3.84. The van der Waals surface area contributed by atoms with Gasteiger partial charge in [-0.3, -0.25) is 4.55 Å². The zero-order valence-corrected chi connectivity index (χ0v) is 10.9. The van der Waals surface area contributed by atoms with E-state index in [-0.39, 0.29) is 0 Å². The Labute approximate surface area is 122 Å². The van der Waals surface area contributed by atoms with E-state index in [0.717, 1.165) is 0 Å². The molecule has 0 unspecified atom stereocenters. The fourth-order valence-corrected chi connectivity index (χ4v) is 1.39. The summed E-state index contributed by atoms with van der Waals surface area (Å²) in [5, 5.41) is -7.40. The van der Waals surface area contributed by atoms with Crippen LogP contribution in [0.3, 0.4) is 0 Å². The third-order valence-corrected chi connectivity index (χ3v) is 3.10. The lowest BCUT2D eigenvalue weighted by Gasteiger charge is -2.34. The molecule has 3 nitrogen and oxygen atoms in total. The number of hydrogen-bond donors (Lipinski definition) is 1. The van der Waals surface area contributed by atoms with Crippen molar-refractivity contribution < 1.29 is 70.0 Å². The molecule has 24 heavy (non-hydrogen) atoms. The average molecular weight is 412 g/mol. The lowest BCUT2D eigenvalue weighted by Crippen LogP contribution is -2.64. The van der Waals surface area contributed by atoms with Gasteiger partial charge in [-0.1, -0.05) is 0 Å². The summed E-state index contributed by atoms with van der Waals surface area (Å²) in [4.78, 5) is 0. The van der Waals surface area contributed by atoms with Gasteiger partial charge in [-0.25, -0.2) is 4.39 Å². The summed E-state index contributed by atoms with van der Waals surface area (Å²) in [5.41, 5.74) is 0. The topological polar surface area (TPSA) is 54.4 Å². The van der Waals surface area contributed by atoms with Crippen molar-refractivity contribution in [1.29, 1.82) is 0 Å². The molecule has 0 aromatic heterocycles. The monoisotopic (exact) mass is 412 g/mol. The third-order valence-electron chi connectivity index (χ3n) is 2.20. The van der Waals surface area contributed by atoms with Crippen LogP contribution in [0.5, 0.6) is 0 Å². The van der Waals surface area contributed by atoms with Gasteiger partial charge in [0.25, 0.3) is 0 Å². The fraction of sp³-hybridized carbons (Fsp3) is 0.714. The molecule has 0 saturated carbocycles. The van der Waals surface area contributed by atoms with Crippen LogP contribution in [0.1, 0.15) is 0 Å². The van der Waals surface area contributed by atoms with Gasteiger partial charge >= 0.3 is 39.3 Å². The van der Waals surface area contributed by atoms with Crippen molar-refractivity contribution >= 4 is 10.1 Å². The largest absolute Gasteiger partial charge is 0.445 e.